The van der Waals surface area contributed by atoms with Crippen molar-refractivity contribution < 1.29 is 0 Å². The summed E-state index contributed by atoms with van der Waals surface area (Å²) in [7, 11) is 0. The SMILES string of the molecule is NC1(Cc2cccs2)CCCCC1c1ccccc1. The standard InChI is InChI=1S/C17H21NS/c18-17(13-15-9-6-12-19-15)11-5-4-10-16(17)14-7-2-1-3-8-14/h1-3,6-9,12,16H,4-5,10-11,13,18H2. The minimum Gasteiger partial charge on any atom is -0.324 e. The van der Waals surface area contributed by atoms with E-state index in [1.165, 1.54) is 29.7 Å². The van der Waals surface area contributed by atoms with Gasteiger partial charge in [0.1, 0.15) is 0 Å². The molecule has 0 aliphatic heterocycles. The van der Waals surface area contributed by atoms with Crippen molar-refractivity contribution in [3.63, 3.8) is 0 Å². The first-order chi connectivity index (χ1) is 9.28. The van der Waals surface area contributed by atoms with E-state index in [1.807, 2.05) is 11.3 Å². The molecule has 1 fully saturated rings. The van der Waals surface area contributed by atoms with Crippen LogP contribution in [0.5, 0.6) is 0 Å². The highest BCUT2D eigenvalue weighted by atomic mass is 32.1. The molecule has 1 saturated carbocycles. The van der Waals surface area contributed by atoms with Crippen LogP contribution in [0.4, 0.5) is 0 Å². The van der Waals surface area contributed by atoms with Gasteiger partial charge in [-0.2, -0.15) is 0 Å². The lowest BCUT2D eigenvalue weighted by Gasteiger charge is -2.41. The van der Waals surface area contributed by atoms with Crippen LogP contribution < -0.4 is 5.73 Å². The molecule has 1 aromatic carbocycles. The van der Waals surface area contributed by atoms with Gasteiger partial charge in [0.2, 0.25) is 0 Å². The zero-order chi connectivity index (χ0) is 13.1. The van der Waals surface area contributed by atoms with Gasteiger partial charge in [0.25, 0.3) is 0 Å². The summed E-state index contributed by atoms with van der Waals surface area (Å²) in [5.41, 5.74) is 8.19. The molecule has 0 saturated heterocycles. The lowest BCUT2D eigenvalue weighted by Crippen LogP contribution is -2.49. The molecule has 2 atom stereocenters. The second kappa shape index (κ2) is 5.48. The van der Waals surface area contributed by atoms with Crippen LogP contribution in [0.3, 0.4) is 0 Å². The number of nitrogens with two attached hydrogens (primary N) is 1. The predicted octanol–water partition coefficient (Wildman–Crippen LogP) is 4.35. The van der Waals surface area contributed by atoms with Crippen LogP contribution in [0.2, 0.25) is 0 Å². The van der Waals surface area contributed by atoms with Crippen LogP contribution >= 0.6 is 11.3 Å². The summed E-state index contributed by atoms with van der Waals surface area (Å²) in [6, 6.07) is 15.2. The Morgan fingerprint density at radius 3 is 2.68 bits per heavy atom. The lowest BCUT2D eigenvalue weighted by molar-refractivity contribution is 0.250. The largest absolute Gasteiger partial charge is 0.324 e. The lowest BCUT2D eigenvalue weighted by atomic mass is 9.68. The summed E-state index contributed by atoms with van der Waals surface area (Å²) < 4.78 is 0. The first-order valence-corrected chi connectivity index (χ1v) is 8.02. The van der Waals surface area contributed by atoms with Gasteiger partial charge in [0.15, 0.2) is 0 Å². The van der Waals surface area contributed by atoms with Crippen molar-refractivity contribution in [2.75, 3.05) is 0 Å². The zero-order valence-electron chi connectivity index (χ0n) is 11.2. The highest BCUT2D eigenvalue weighted by molar-refractivity contribution is 7.09. The van der Waals surface area contributed by atoms with E-state index >= 15 is 0 Å². The Hall–Kier alpha value is -1.12. The molecule has 1 aliphatic carbocycles. The van der Waals surface area contributed by atoms with Crippen molar-refractivity contribution in [3.05, 3.63) is 58.3 Å². The van der Waals surface area contributed by atoms with Gasteiger partial charge in [-0.25, -0.2) is 0 Å². The molecule has 0 bridgehead atoms. The van der Waals surface area contributed by atoms with Crippen molar-refractivity contribution in [3.8, 4) is 0 Å². The van der Waals surface area contributed by atoms with Gasteiger partial charge in [-0.15, -0.1) is 11.3 Å². The minimum absolute atomic E-state index is 0.0650. The Bertz CT molecular complexity index is 505. The molecule has 1 heterocycles. The third-order valence-electron chi connectivity index (χ3n) is 4.36. The van der Waals surface area contributed by atoms with Crippen molar-refractivity contribution in [2.24, 2.45) is 5.73 Å². The average Bonchev–Trinajstić information content (AvgIpc) is 2.92. The molecule has 1 aromatic heterocycles. The number of hydrogen-bond acceptors (Lipinski definition) is 2. The van der Waals surface area contributed by atoms with Gasteiger partial charge < -0.3 is 5.73 Å². The Balaban J connectivity index is 1.88. The molecule has 0 radical (unpaired) electrons. The second-order valence-electron chi connectivity index (χ2n) is 5.70. The van der Waals surface area contributed by atoms with E-state index < -0.39 is 0 Å². The molecule has 2 aromatic rings. The van der Waals surface area contributed by atoms with Crippen molar-refractivity contribution >= 4 is 11.3 Å². The summed E-state index contributed by atoms with van der Waals surface area (Å²) in [4.78, 5) is 1.42. The monoisotopic (exact) mass is 271 g/mol. The van der Waals surface area contributed by atoms with E-state index in [0.29, 0.717) is 5.92 Å². The maximum absolute atomic E-state index is 6.83. The Morgan fingerprint density at radius 1 is 1.11 bits per heavy atom. The third kappa shape index (κ3) is 2.75. The van der Waals surface area contributed by atoms with Crippen molar-refractivity contribution in [1.82, 2.24) is 0 Å². The summed E-state index contributed by atoms with van der Waals surface area (Å²) >= 11 is 1.83. The minimum atomic E-state index is -0.0650. The number of benzene rings is 1. The Labute approximate surface area is 119 Å². The number of rotatable bonds is 3. The molecule has 3 rings (SSSR count). The van der Waals surface area contributed by atoms with Crippen LogP contribution in [-0.2, 0) is 6.42 Å². The maximum Gasteiger partial charge on any atom is 0.0272 e. The van der Waals surface area contributed by atoms with E-state index in [4.69, 9.17) is 5.73 Å². The normalized spacial score (nSPS) is 27.3. The van der Waals surface area contributed by atoms with Crippen LogP contribution in [0.15, 0.2) is 47.8 Å². The summed E-state index contributed by atoms with van der Waals surface area (Å²) in [5, 5.41) is 2.15. The van der Waals surface area contributed by atoms with Crippen LogP contribution in [-0.4, -0.2) is 5.54 Å². The fraction of sp³-hybridized carbons (Fsp3) is 0.412. The molecule has 0 spiro atoms. The summed E-state index contributed by atoms with van der Waals surface area (Å²) in [6.07, 6.45) is 5.97. The molecule has 100 valence electrons. The molecular formula is C17H21NS. The fourth-order valence-electron chi connectivity index (χ4n) is 3.40. The number of thiophene rings is 1. The Kier molecular flexibility index (Phi) is 3.72. The van der Waals surface area contributed by atoms with Crippen LogP contribution in [0.25, 0.3) is 0 Å². The van der Waals surface area contributed by atoms with Crippen molar-refractivity contribution in [2.45, 2.75) is 43.6 Å². The van der Waals surface area contributed by atoms with Gasteiger partial charge in [-0.05, 0) is 29.9 Å². The molecule has 2 N–H and O–H groups in total. The molecule has 2 heteroatoms. The smallest absolute Gasteiger partial charge is 0.0272 e. The van der Waals surface area contributed by atoms with E-state index in [9.17, 15) is 0 Å². The predicted molar refractivity (Wildman–Crippen MR) is 82.6 cm³/mol. The third-order valence-corrected chi connectivity index (χ3v) is 5.24. The van der Waals surface area contributed by atoms with E-state index in [-0.39, 0.29) is 5.54 Å². The van der Waals surface area contributed by atoms with Crippen molar-refractivity contribution in [1.29, 1.82) is 0 Å². The summed E-state index contributed by atoms with van der Waals surface area (Å²) in [6.45, 7) is 0. The highest BCUT2D eigenvalue weighted by Gasteiger charge is 2.38. The number of hydrogen-bond donors (Lipinski definition) is 1. The molecule has 1 nitrogen and oxygen atoms in total. The molecule has 2 unspecified atom stereocenters. The molecular weight excluding hydrogens is 250 g/mol. The quantitative estimate of drug-likeness (QED) is 0.882. The average molecular weight is 271 g/mol. The fourth-order valence-corrected chi connectivity index (χ4v) is 4.24. The van der Waals surface area contributed by atoms with Gasteiger partial charge >= 0.3 is 0 Å². The van der Waals surface area contributed by atoms with Gasteiger partial charge in [-0.3, -0.25) is 0 Å². The van der Waals surface area contributed by atoms with E-state index in [2.05, 4.69) is 47.8 Å². The van der Waals surface area contributed by atoms with Gasteiger partial charge in [0, 0.05) is 22.8 Å². The first kappa shape index (κ1) is 12.9. The summed E-state index contributed by atoms with van der Waals surface area (Å²) in [5.74, 6) is 0.504. The first-order valence-electron chi connectivity index (χ1n) is 7.14. The van der Waals surface area contributed by atoms with Gasteiger partial charge in [-0.1, -0.05) is 49.2 Å². The Morgan fingerprint density at radius 2 is 1.95 bits per heavy atom. The van der Waals surface area contributed by atoms with Crippen LogP contribution in [0, 0.1) is 0 Å². The topological polar surface area (TPSA) is 26.0 Å². The molecule has 1 aliphatic rings. The maximum atomic E-state index is 6.83. The molecule has 0 amide bonds. The van der Waals surface area contributed by atoms with Crippen LogP contribution in [0.1, 0.15) is 42.0 Å². The molecule has 19 heavy (non-hydrogen) atoms. The second-order valence-corrected chi connectivity index (χ2v) is 6.73. The van der Waals surface area contributed by atoms with E-state index in [0.717, 1.165) is 12.8 Å². The highest BCUT2D eigenvalue weighted by Crippen LogP contribution is 2.41. The van der Waals surface area contributed by atoms with Gasteiger partial charge in [0.05, 0.1) is 0 Å². The van der Waals surface area contributed by atoms with E-state index in [1.54, 1.807) is 0 Å². The zero-order valence-corrected chi connectivity index (χ0v) is 12.0.